The summed E-state index contributed by atoms with van der Waals surface area (Å²) >= 11 is 0. The molecule has 1 N–H and O–H groups in total. The number of aliphatic hydroxyl groups excluding tert-OH is 1. The van der Waals surface area contributed by atoms with E-state index in [1.165, 1.54) is 103 Å². The monoisotopic (exact) mass is 326 g/mol. The lowest BCUT2D eigenvalue weighted by Gasteiger charge is -2.21. The van der Waals surface area contributed by atoms with E-state index in [1.54, 1.807) is 0 Å². The van der Waals surface area contributed by atoms with Crippen molar-refractivity contribution in [1.29, 1.82) is 0 Å². The van der Waals surface area contributed by atoms with E-state index in [9.17, 15) is 0 Å². The molecule has 0 aliphatic heterocycles. The van der Waals surface area contributed by atoms with E-state index in [4.69, 9.17) is 9.84 Å². The zero-order valence-corrected chi connectivity index (χ0v) is 15.6. The van der Waals surface area contributed by atoms with Gasteiger partial charge in [0.05, 0.1) is 0 Å². The van der Waals surface area contributed by atoms with Crippen molar-refractivity contribution in [2.24, 2.45) is 5.92 Å². The van der Waals surface area contributed by atoms with Crippen LogP contribution in [0, 0.1) is 5.92 Å². The molecule has 0 atom stereocenters. The number of ether oxygens (including phenoxy) is 1. The molecule has 0 aromatic rings. The maximum absolute atomic E-state index is 8.64. The number of rotatable bonds is 16. The summed E-state index contributed by atoms with van der Waals surface area (Å²) in [6.07, 6.45) is 23.8. The number of hydrogen-bond acceptors (Lipinski definition) is 2. The van der Waals surface area contributed by atoms with E-state index in [-0.39, 0.29) is 6.61 Å². The van der Waals surface area contributed by atoms with Crippen LogP contribution < -0.4 is 0 Å². The summed E-state index contributed by atoms with van der Waals surface area (Å²) in [5.41, 5.74) is 0. The van der Waals surface area contributed by atoms with Crippen molar-refractivity contribution in [3.05, 3.63) is 0 Å². The Bertz CT molecular complexity index is 224. The Labute approximate surface area is 145 Å². The predicted octanol–water partition coefficient (Wildman–Crippen LogP) is 6.26. The molecule has 1 aliphatic rings. The van der Waals surface area contributed by atoms with Crippen LogP contribution in [0.5, 0.6) is 0 Å². The summed E-state index contributed by atoms with van der Waals surface area (Å²) in [5.74, 6) is 1.08. The predicted molar refractivity (Wildman–Crippen MR) is 99.9 cm³/mol. The molecule has 138 valence electrons. The van der Waals surface area contributed by atoms with Gasteiger partial charge in [-0.1, -0.05) is 96.3 Å². The number of hydrogen-bond donors (Lipinski definition) is 1. The van der Waals surface area contributed by atoms with Gasteiger partial charge in [0.1, 0.15) is 0 Å². The van der Waals surface area contributed by atoms with Gasteiger partial charge in [0.15, 0.2) is 0 Å². The highest BCUT2D eigenvalue weighted by molar-refractivity contribution is 4.65. The van der Waals surface area contributed by atoms with Crippen LogP contribution in [0.2, 0.25) is 0 Å². The van der Waals surface area contributed by atoms with E-state index < -0.39 is 0 Å². The molecule has 0 saturated heterocycles. The third-order valence-corrected chi connectivity index (χ3v) is 5.32. The van der Waals surface area contributed by atoms with Crippen molar-refractivity contribution in [3.63, 3.8) is 0 Å². The lowest BCUT2D eigenvalue weighted by atomic mass is 9.85. The largest absolute Gasteiger partial charge is 0.396 e. The first-order valence-electron chi connectivity index (χ1n) is 10.6. The van der Waals surface area contributed by atoms with Crippen LogP contribution in [0.1, 0.15) is 109 Å². The van der Waals surface area contributed by atoms with Crippen molar-refractivity contribution in [1.82, 2.24) is 0 Å². The van der Waals surface area contributed by atoms with Gasteiger partial charge >= 0.3 is 0 Å². The average molecular weight is 327 g/mol. The van der Waals surface area contributed by atoms with Crippen molar-refractivity contribution < 1.29 is 9.84 Å². The molecule has 0 radical (unpaired) electrons. The molecule has 2 heteroatoms. The average Bonchev–Trinajstić information content (AvgIpc) is 2.59. The molecule has 0 unspecified atom stereocenters. The molecular weight excluding hydrogens is 284 g/mol. The van der Waals surface area contributed by atoms with Gasteiger partial charge in [-0.25, -0.2) is 0 Å². The van der Waals surface area contributed by atoms with Crippen molar-refractivity contribution in [2.75, 3.05) is 19.8 Å². The minimum atomic E-state index is 0.251. The molecule has 0 spiro atoms. The van der Waals surface area contributed by atoms with Gasteiger partial charge in [-0.2, -0.15) is 0 Å². The summed E-state index contributed by atoms with van der Waals surface area (Å²) < 4.78 is 5.44. The maximum Gasteiger partial charge on any atom is 0.0487 e. The number of aliphatic hydroxyl groups is 1. The Hall–Kier alpha value is -0.0800. The Balaban J connectivity index is 1.67. The Morgan fingerprint density at radius 2 is 1.13 bits per heavy atom. The first kappa shape index (κ1) is 21.0. The molecule has 1 rings (SSSR count). The Kier molecular flexibility index (Phi) is 15.3. The minimum Gasteiger partial charge on any atom is -0.396 e. The van der Waals surface area contributed by atoms with Gasteiger partial charge in [0, 0.05) is 19.8 Å². The van der Waals surface area contributed by atoms with Crippen LogP contribution in [0.4, 0.5) is 0 Å². The number of unbranched alkanes of at least 4 members (excludes halogenated alkanes) is 9. The molecule has 0 bridgehead atoms. The molecule has 1 aliphatic carbocycles. The maximum atomic E-state index is 8.64. The molecule has 2 nitrogen and oxygen atoms in total. The highest BCUT2D eigenvalue weighted by Crippen LogP contribution is 2.28. The lowest BCUT2D eigenvalue weighted by Crippen LogP contribution is -2.05. The van der Waals surface area contributed by atoms with Gasteiger partial charge < -0.3 is 9.84 Å². The fraction of sp³-hybridized carbons (Fsp3) is 1.00. The third-order valence-electron chi connectivity index (χ3n) is 5.32. The molecule has 0 heterocycles. The van der Waals surface area contributed by atoms with Crippen molar-refractivity contribution in [3.8, 4) is 0 Å². The summed E-state index contributed by atoms with van der Waals surface area (Å²) in [7, 11) is 0. The zero-order valence-electron chi connectivity index (χ0n) is 15.6. The highest BCUT2D eigenvalue weighted by atomic mass is 16.5. The van der Waals surface area contributed by atoms with Gasteiger partial charge in [0.25, 0.3) is 0 Å². The first-order chi connectivity index (χ1) is 11.4. The van der Waals surface area contributed by atoms with Crippen LogP contribution in [0.3, 0.4) is 0 Å². The standard InChI is InChI=1S/C21H42O2/c22-18-14-20-23-19-13-8-6-4-2-1-3-5-7-10-15-21-16-11-9-12-17-21/h21-22H,1-20H2. The molecular formula is C21H42O2. The fourth-order valence-corrected chi connectivity index (χ4v) is 3.80. The smallest absolute Gasteiger partial charge is 0.0487 e. The van der Waals surface area contributed by atoms with Crippen LogP contribution >= 0.6 is 0 Å². The van der Waals surface area contributed by atoms with Crippen LogP contribution in [-0.2, 0) is 4.74 Å². The molecule has 0 amide bonds. The molecule has 1 saturated carbocycles. The second-order valence-corrected chi connectivity index (χ2v) is 7.52. The molecule has 1 fully saturated rings. The van der Waals surface area contributed by atoms with E-state index in [2.05, 4.69) is 0 Å². The van der Waals surface area contributed by atoms with Crippen molar-refractivity contribution >= 4 is 0 Å². The lowest BCUT2D eigenvalue weighted by molar-refractivity contribution is 0.112. The summed E-state index contributed by atoms with van der Waals surface area (Å²) in [5, 5.41) is 8.64. The summed E-state index contributed by atoms with van der Waals surface area (Å²) in [6.45, 7) is 1.85. The highest BCUT2D eigenvalue weighted by Gasteiger charge is 2.12. The van der Waals surface area contributed by atoms with Crippen LogP contribution in [-0.4, -0.2) is 24.9 Å². The van der Waals surface area contributed by atoms with Crippen molar-refractivity contribution in [2.45, 2.75) is 109 Å². The summed E-state index contributed by atoms with van der Waals surface area (Å²) in [4.78, 5) is 0. The minimum absolute atomic E-state index is 0.251. The fourth-order valence-electron chi connectivity index (χ4n) is 3.80. The zero-order chi connectivity index (χ0) is 16.4. The Morgan fingerprint density at radius 3 is 1.74 bits per heavy atom. The summed E-state index contributed by atoms with van der Waals surface area (Å²) in [6, 6.07) is 0. The third kappa shape index (κ3) is 14.0. The van der Waals surface area contributed by atoms with Gasteiger partial charge in [0.2, 0.25) is 0 Å². The van der Waals surface area contributed by atoms with Gasteiger partial charge in [-0.15, -0.1) is 0 Å². The van der Waals surface area contributed by atoms with E-state index in [0.29, 0.717) is 0 Å². The van der Waals surface area contributed by atoms with Crippen LogP contribution in [0.15, 0.2) is 0 Å². The normalized spacial score (nSPS) is 16.0. The molecule has 23 heavy (non-hydrogen) atoms. The quantitative estimate of drug-likeness (QED) is 0.339. The van der Waals surface area contributed by atoms with Gasteiger partial charge in [-0.05, 0) is 18.8 Å². The first-order valence-corrected chi connectivity index (χ1v) is 10.6. The molecule has 0 aromatic carbocycles. The topological polar surface area (TPSA) is 29.5 Å². The Morgan fingerprint density at radius 1 is 0.609 bits per heavy atom. The van der Waals surface area contributed by atoms with E-state index in [1.807, 2.05) is 0 Å². The SMILES string of the molecule is OCCCOCCCCCCCCCCCCC1CCCCC1. The van der Waals surface area contributed by atoms with E-state index in [0.717, 1.165) is 25.6 Å². The second kappa shape index (κ2) is 16.8. The van der Waals surface area contributed by atoms with Crippen LogP contribution in [0.25, 0.3) is 0 Å². The molecule has 0 aromatic heterocycles. The second-order valence-electron chi connectivity index (χ2n) is 7.52. The van der Waals surface area contributed by atoms with Gasteiger partial charge in [-0.3, -0.25) is 0 Å². The van der Waals surface area contributed by atoms with E-state index >= 15 is 0 Å².